The molecule has 0 amide bonds. The summed E-state index contributed by atoms with van der Waals surface area (Å²) in [5.41, 5.74) is 1.13. The van der Waals surface area contributed by atoms with Crippen LogP contribution in [0.3, 0.4) is 0 Å². The summed E-state index contributed by atoms with van der Waals surface area (Å²) in [5, 5.41) is 8.99. The molecule has 0 spiro atoms. The van der Waals surface area contributed by atoms with Gasteiger partial charge in [0.1, 0.15) is 0 Å². The second kappa shape index (κ2) is 19.8. The van der Waals surface area contributed by atoms with Crippen LogP contribution >= 0.6 is 0 Å². The first-order valence-electron chi connectivity index (χ1n) is 12.6. The zero-order chi connectivity index (χ0) is 23.3. The fraction of sp³-hybridized carbons (Fsp3) is 0.704. The van der Waals surface area contributed by atoms with Crippen LogP contribution in [0, 0.1) is 0 Å². The van der Waals surface area contributed by atoms with E-state index in [0.717, 1.165) is 31.2 Å². The van der Waals surface area contributed by atoms with E-state index in [9.17, 15) is 9.59 Å². The molecular weight excluding hydrogens is 404 g/mol. The number of hydrogen-bond donors (Lipinski definition) is 1. The highest BCUT2D eigenvalue weighted by Crippen LogP contribution is 2.17. The van der Waals surface area contributed by atoms with Gasteiger partial charge < -0.3 is 14.6 Å². The maximum atomic E-state index is 10.9. The summed E-state index contributed by atoms with van der Waals surface area (Å²) in [6.45, 7) is 2.58. The van der Waals surface area contributed by atoms with Crippen LogP contribution in [-0.4, -0.2) is 29.8 Å². The first-order valence-corrected chi connectivity index (χ1v) is 12.6. The number of aliphatic carboxylic acids is 1. The van der Waals surface area contributed by atoms with Crippen LogP contribution in [0.15, 0.2) is 30.3 Å². The molecule has 1 aromatic carbocycles. The van der Waals surface area contributed by atoms with Crippen molar-refractivity contribution in [1.29, 1.82) is 0 Å². The van der Waals surface area contributed by atoms with Gasteiger partial charge in [-0.15, -0.1) is 0 Å². The van der Waals surface area contributed by atoms with Crippen molar-refractivity contribution in [2.75, 3.05) is 6.61 Å². The molecule has 5 heteroatoms. The van der Waals surface area contributed by atoms with Crippen molar-refractivity contribution in [1.82, 2.24) is 0 Å². The summed E-state index contributed by atoms with van der Waals surface area (Å²) in [6, 6.07) is 10.1. The molecule has 1 unspecified atom stereocenters. The molecule has 0 fully saturated rings. The summed E-state index contributed by atoms with van der Waals surface area (Å²) in [7, 11) is 0. The SMILES string of the molecule is CC(=O)OCCCCCCCCCCCCCCC(CCC(=O)O)OCc1ccccc1. The molecule has 0 aromatic heterocycles. The Kier molecular flexibility index (Phi) is 17.4. The van der Waals surface area contributed by atoms with E-state index in [-0.39, 0.29) is 18.5 Å². The molecule has 1 rings (SSSR count). The monoisotopic (exact) mass is 448 g/mol. The minimum atomic E-state index is -0.750. The van der Waals surface area contributed by atoms with E-state index in [1.807, 2.05) is 30.3 Å². The predicted octanol–water partition coefficient (Wildman–Crippen LogP) is 7.07. The standard InChI is InChI=1S/C27H44O5/c1-24(28)31-22-16-11-9-7-5-3-2-4-6-8-10-15-19-26(20-21-27(29)30)32-23-25-17-13-12-14-18-25/h12-14,17-18,26H,2-11,15-16,19-23H2,1H3,(H,29,30). The Labute approximate surface area is 194 Å². The van der Waals surface area contributed by atoms with E-state index in [0.29, 0.717) is 19.6 Å². The van der Waals surface area contributed by atoms with Crippen molar-refractivity contribution >= 4 is 11.9 Å². The van der Waals surface area contributed by atoms with E-state index >= 15 is 0 Å². The Bertz CT molecular complexity index is 587. The largest absolute Gasteiger partial charge is 0.481 e. The quantitative estimate of drug-likeness (QED) is 0.161. The maximum Gasteiger partial charge on any atom is 0.303 e. The lowest BCUT2D eigenvalue weighted by molar-refractivity contribution is -0.141. The molecule has 1 N–H and O–H groups in total. The number of benzene rings is 1. The molecular formula is C27H44O5. The molecule has 0 aliphatic heterocycles. The van der Waals surface area contributed by atoms with Gasteiger partial charge in [-0.1, -0.05) is 101 Å². The lowest BCUT2D eigenvalue weighted by Crippen LogP contribution is -2.15. The lowest BCUT2D eigenvalue weighted by atomic mass is 10.0. The number of ether oxygens (including phenoxy) is 2. The van der Waals surface area contributed by atoms with Crippen molar-refractivity contribution in [2.24, 2.45) is 0 Å². The van der Waals surface area contributed by atoms with Crippen LogP contribution in [0.25, 0.3) is 0 Å². The van der Waals surface area contributed by atoms with Gasteiger partial charge in [0, 0.05) is 13.3 Å². The number of hydrogen-bond acceptors (Lipinski definition) is 4. The summed E-state index contributed by atoms with van der Waals surface area (Å²) in [5.74, 6) is -0.931. The fourth-order valence-electron chi connectivity index (χ4n) is 3.84. The van der Waals surface area contributed by atoms with Gasteiger partial charge in [0.25, 0.3) is 0 Å². The van der Waals surface area contributed by atoms with Gasteiger partial charge in [-0.05, 0) is 24.8 Å². The highest BCUT2D eigenvalue weighted by molar-refractivity contribution is 5.66. The van der Waals surface area contributed by atoms with Crippen LogP contribution in [0.4, 0.5) is 0 Å². The second-order valence-electron chi connectivity index (χ2n) is 8.72. The van der Waals surface area contributed by atoms with Gasteiger partial charge in [0.15, 0.2) is 0 Å². The fourth-order valence-corrected chi connectivity index (χ4v) is 3.84. The third kappa shape index (κ3) is 17.8. The molecule has 182 valence electrons. The maximum absolute atomic E-state index is 10.9. The molecule has 0 aliphatic carbocycles. The highest BCUT2D eigenvalue weighted by Gasteiger charge is 2.11. The molecule has 32 heavy (non-hydrogen) atoms. The predicted molar refractivity (Wildman–Crippen MR) is 129 cm³/mol. The van der Waals surface area contributed by atoms with Crippen LogP contribution in [0.1, 0.15) is 109 Å². The van der Waals surface area contributed by atoms with E-state index in [4.69, 9.17) is 14.6 Å². The summed E-state index contributed by atoms with van der Waals surface area (Å²) in [4.78, 5) is 21.6. The average Bonchev–Trinajstić information content (AvgIpc) is 2.78. The summed E-state index contributed by atoms with van der Waals surface area (Å²) in [6.07, 6.45) is 16.4. The number of rotatable bonds is 21. The van der Waals surface area contributed by atoms with E-state index in [1.165, 1.54) is 64.7 Å². The lowest BCUT2D eigenvalue weighted by Gasteiger charge is -2.17. The minimum absolute atomic E-state index is 0.0281. The molecule has 0 saturated heterocycles. The Hall–Kier alpha value is -1.88. The third-order valence-corrected chi connectivity index (χ3v) is 5.73. The Balaban J connectivity index is 1.97. The van der Waals surface area contributed by atoms with Gasteiger partial charge in [0.05, 0.1) is 19.3 Å². The van der Waals surface area contributed by atoms with Crippen molar-refractivity contribution in [2.45, 2.75) is 116 Å². The van der Waals surface area contributed by atoms with Gasteiger partial charge in [-0.3, -0.25) is 9.59 Å². The number of unbranched alkanes of at least 4 members (excludes halogenated alkanes) is 11. The molecule has 1 atom stereocenters. The van der Waals surface area contributed by atoms with E-state index < -0.39 is 5.97 Å². The van der Waals surface area contributed by atoms with Crippen molar-refractivity contribution in [3.63, 3.8) is 0 Å². The summed E-state index contributed by atoms with van der Waals surface area (Å²) < 4.78 is 11.0. The summed E-state index contributed by atoms with van der Waals surface area (Å²) >= 11 is 0. The molecule has 5 nitrogen and oxygen atoms in total. The second-order valence-corrected chi connectivity index (χ2v) is 8.72. The number of carbonyl (C=O) groups is 2. The van der Waals surface area contributed by atoms with Crippen LogP contribution in [-0.2, 0) is 25.7 Å². The Morgan fingerprint density at radius 1 is 0.781 bits per heavy atom. The van der Waals surface area contributed by atoms with Gasteiger partial charge in [0.2, 0.25) is 0 Å². The Morgan fingerprint density at radius 3 is 1.84 bits per heavy atom. The smallest absolute Gasteiger partial charge is 0.303 e. The third-order valence-electron chi connectivity index (χ3n) is 5.73. The molecule has 1 aromatic rings. The Morgan fingerprint density at radius 2 is 1.31 bits per heavy atom. The minimum Gasteiger partial charge on any atom is -0.481 e. The number of carbonyl (C=O) groups excluding carboxylic acids is 1. The zero-order valence-corrected chi connectivity index (χ0v) is 20.1. The normalized spacial score (nSPS) is 11.9. The van der Waals surface area contributed by atoms with E-state index in [2.05, 4.69) is 0 Å². The number of esters is 1. The molecule has 0 heterocycles. The molecule has 0 saturated carbocycles. The highest BCUT2D eigenvalue weighted by atomic mass is 16.5. The first kappa shape index (κ1) is 28.2. The van der Waals surface area contributed by atoms with Gasteiger partial charge >= 0.3 is 11.9 Å². The van der Waals surface area contributed by atoms with Crippen LogP contribution < -0.4 is 0 Å². The van der Waals surface area contributed by atoms with Gasteiger partial charge in [-0.2, -0.15) is 0 Å². The van der Waals surface area contributed by atoms with Crippen LogP contribution in [0.2, 0.25) is 0 Å². The van der Waals surface area contributed by atoms with Crippen LogP contribution in [0.5, 0.6) is 0 Å². The van der Waals surface area contributed by atoms with Crippen molar-refractivity contribution < 1.29 is 24.2 Å². The number of carboxylic acid groups (broad SMARTS) is 1. The molecule has 0 aliphatic rings. The average molecular weight is 449 g/mol. The number of carboxylic acids is 1. The molecule has 0 bridgehead atoms. The first-order chi connectivity index (χ1) is 15.6. The molecule has 0 radical (unpaired) electrons. The van der Waals surface area contributed by atoms with Crippen molar-refractivity contribution in [3.05, 3.63) is 35.9 Å². The van der Waals surface area contributed by atoms with Gasteiger partial charge in [-0.25, -0.2) is 0 Å². The van der Waals surface area contributed by atoms with Crippen molar-refractivity contribution in [3.8, 4) is 0 Å². The topological polar surface area (TPSA) is 72.8 Å². The van der Waals surface area contributed by atoms with E-state index in [1.54, 1.807) is 0 Å². The zero-order valence-electron chi connectivity index (χ0n) is 20.1.